The molecule has 8 heteroatoms. The predicted molar refractivity (Wildman–Crippen MR) is 78.1 cm³/mol. The molecule has 0 aromatic carbocycles. The molecule has 0 spiro atoms. The lowest BCUT2D eigenvalue weighted by Gasteiger charge is -2.02. The lowest BCUT2D eigenvalue weighted by atomic mass is 10.3. The molecule has 0 fully saturated rings. The summed E-state index contributed by atoms with van der Waals surface area (Å²) in [5, 5.41) is 5.63. The molecule has 5 nitrogen and oxygen atoms in total. The maximum Gasteiger partial charge on any atom is 0.250 e. The summed E-state index contributed by atoms with van der Waals surface area (Å²) < 4.78 is 27.1. The van der Waals surface area contributed by atoms with Crippen LogP contribution in [-0.4, -0.2) is 27.0 Å². The zero-order valence-electron chi connectivity index (χ0n) is 10.4. The van der Waals surface area contributed by atoms with Crippen LogP contribution in [0.3, 0.4) is 0 Å². The Bertz CT molecular complexity index is 605. The number of nitrogens with zero attached hydrogens (tertiary/aromatic N) is 1. The van der Waals surface area contributed by atoms with Crippen molar-refractivity contribution in [2.75, 3.05) is 13.6 Å². The van der Waals surface area contributed by atoms with E-state index in [-0.39, 0.29) is 6.54 Å². The van der Waals surface area contributed by atoms with Crippen molar-refractivity contribution in [1.29, 1.82) is 0 Å². The van der Waals surface area contributed by atoms with Crippen LogP contribution >= 0.6 is 22.7 Å². The topological polar surface area (TPSA) is 71.1 Å². The number of nitrogens with one attached hydrogen (secondary N) is 2. The molecule has 19 heavy (non-hydrogen) atoms. The summed E-state index contributed by atoms with van der Waals surface area (Å²) in [4.78, 5) is 5.10. The van der Waals surface area contributed by atoms with Gasteiger partial charge in [-0.2, -0.15) is 0 Å². The van der Waals surface area contributed by atoms with Crippen molar-refractivity contribution < 1.29 is 8.42 Å². The highest BCUT2D eigenvalue weighted by atomic mass is 32.2. The van der Waals surface area contributed by atoms with Crippen molar-refractivity contribution in [3.63, 3.8) is 0 Å². The zero-order valence-corrected chi connectivity index (χ0v) is 12.9. The van der Waals surface area contributed by atoms with Gasteiger partial charge in [0.05, 0.1) is 6.54 Å². The summed E-state index contributed by atoms with van der Waals surface area (Å²) in [5.41, 5.74) is 0. The fourth-order valence-electron chi connectivity index (χ4n) is 1.45. The third-order valence-electron chi connectivity index (χ3n) is 2.42. The summed E-state index contributed by atoms with van der Waals surface area (Å²) in [5.74, 6) is 0. The highest BCUT2D eigenvalue weighted by Gasteiger charge is 2.16. The Hall–Kier alpha value is -0.800. The van der Waals surface area contributed by atoms with Gasteiger partial charge in [0.15, 0.2) is 0 Å². The fraction of sp³-hybridized carbons (Fsp3) is 0.364. The van der Waals surface area contributed by atoms with Crippen molar-refractivity contribution in [1.82, 2.24) is 15.0 Å². The van der Waals surface area contributed by atoms with Gasteiger partial charge in [-0.25, -0.2) is 18.1 Å². The van der Waals surface area contributed by atoms with Crippen LogP contribution in [0.15, 0.2) is 27.9 Å². The van der Waals surface area contributed by atoms with Crippen LogP contribution in [0, 0.1) is 0 Å². The van der Waals surface area contributed by atoms with Gasteiger partial charge in [-0.1, -0.05) is 0 Å². The number of rotatable bonds is 7. The van der Waals surface area contributed by atoms with Gasteiger partial charge in [-0.05, 0) is 32.1 Å². The number of likely N-dealkylation sites (N-methyl/N-ethyl adjacent to an activating group) is 1. The van der Waals surface area contributed by atoms with Crippen LogP contribution in [0.25, 0.3) is 0 Å². The van der Waals surface area contributed by atoms with E-state index in [0.29, 0.717) is 4.21 Å². The molecule has 2 N–H and O–H groups in total. The molecule has 2 rings (SSSR count). The van der Waals surface area contributed by atoms with Gasteiger partial charge in [0.1, 0.15) is 9.22 Å². The Kier molecular flexibility index (Phi) is 5.06. The van der Waals surface area contributed by atoms with Crippen LogP contribution in [0.1, 0.15) is 9.88 Å². The molecule has 2 aromatic heterocycles. The van der Waals surface area contributed by atoms with E-state index in [0.717, 1.165) is 22.9 Å². The minimum Gasteiger partial charge on any atom is -0.319 e. The summed E-state index contributed by atoms with van der Waals surface area (Å²) in [7, 11) is -1.55. The molecule has 0 aliphatic carbocycles. The first-order chi connectivity index (χ1) is 9.12. The first kappa shape index (κ1) is 14.6. The lowest BCUT2D eigenvalue weighted by molar-refractivity contribution is 0.583. The number of hydrogen-bond donors (Lipinski definition) is 2. The second-order valence-electron chi connectivity index (χ2n) is 3.82. The number of sulfonamides is 1. The average Bonchev–Trinajstić information content (AvgIpc) is 3.05. The molecule has 104 valence electrons. The molecule has 0 aliphatic rings. The molecule has 0 atom stereocenters. The van der Waals surface area contributed by atoms with Crippen molar-refractivity contribution >= 4 is 32.7 Å². The maximum absolute atomic E-state index is 12.1. The first-order valence-corrected chi connectivity index (χ1v) is 8.91. The SMILES string of the molecule is CNCCc1ccc(S(=O)(=O)NCc2nccs2)s1. The van der Waals surface area contributed by atoms with Crippen molar-refractivity contribution in [2.45, 2.75) is 17.2 Å². The maximum atomic E-state index is 12.1. The van der Waals surface area contributed by atoms with Gasteiger partial charge in [0.25, 0.3) is 0 Å². The second-order valence-corrected chi connectivity index (χ2v) is 7.97. The molecule has 0 saturated carbocycles. The summed E-state index contributed by atoms with van der Waals surface area (Å²) in [6, 6.07) is 3.51. The van der Waals surface area contributed by atoms with E-state index in [1.54, 1.807) is 12.3 Å². The highest BCUT2D eigenvalue weighted by molar-refractivity contribution is 7.91. The molecule has 0 amide bonds. The predicted octanol–water partition coefficient (Wildman–Crippen LogP) is 1.44. The van der Waals surface area contributed by atoms with Crippen LogP contribution in [0.5, 0.6) is 0 Å². The van der Waals surface area contributed by atoms with Crippen molar-refractivity contribution in [2.24, 2.45) is 0 Å². The van der Waals surface area contributed by atoms with Crippen LogP contribution in [0.4, 0.5) is 0 Å². The van der Waals surface area contributed by atoms with Gasteiger partial charge < -0.3 is 5.32 Å². The number of aromatic nitrogens is 1. The number of thiazole rings is 1. The van der Waals surface area contributed by atoms with Gasteiger partial charge >= 0.3 is 0 Å². The van der Waals surface area contributed by atoms with E-state index in [4.69, 9.17) is 0 Å². The Labute approximate surface area is 120 Å². The number of hydrogen-bond acceptors (Lipinski definition) is 6. The van der Waals surface area contributed by atoms with E-state index >= 15 is 0 Å². The van der Waals surface area contributed by atoms with E-state index in [9.17, 15) is 8.42 Å². The summed E-state index contributed by atoms with van der Waals surface area (Å²) in [6.45, 7) is 1.08. The Morgan fingerprint density at radius 1 is 1.37 bits per heavy atom. The quantitative estimate of drug-likeness (QED) is 0.811. The van der Waals surface area contributed by atoms with Gasteiger partial charge in [0.2, 0.25) is 10.0 Å². The fourth-order valence-corrected chi connectivity index (χ4v) is 4.49. The Balaban J connectivity index is 2.00. The van der Waals surface area contributed by atoms with Crippen molar-refractivity contribution in [3.05, 3.63) is 33.6 Å². The van der Waals surface area contributed by atoms with Crippen molar-refractivity contribution in [3.8, 4) is 0 Å². The molecule has 2 aromatic rings. The molecule has 0 saturated heterocycles. The number of thiophene rings is 1. The summed E-state index contributed by atoms with van der Waals surface area (Å²) in [6.07, 6.45) is 2.50. The monoisotopic (exact) mass is 317 g/mol. The van der Waals surface area contributed by atoms with Gasteiger partial charge in [0, 0.05) is 16.5 Å². The van der Waals surface area contributed by atoms with Crippen LogP contribution in [-0.2, 0) is 23.0 Å². The smallest absolute Gasteiger partial charge is 0.250 e. The van der Waals surface area contributed by atoms with Gasteiger partial charge in [-0.15, -0.1) is 22.7 Å². The van der Waals surface area contributed by atoms with E-state index in [1.807, 2.05) is 18.5 Å². The normalized spacial score (nSPS) is 11.8. The largest absolute Gasteiger partial charge is 0.319 e. The molecule has 0 unspecified atom stereocenters. The van der Waals surface area contributed by atoms with Crippen LogP contribution < -0.4 is 10.0 Å². The lowest BCUT2D eigenvalue weighted by Crippen LogP contribution is -2.22. The van der Waals surface area contributed by atoms with Gasteiger partial charge in [-0.3, -0.25) is 0 Å². The molecular formula is C11H15N3O2S3. The molecule has 0 radical (unpaired) electrons. The minimum absolute atomic E-state index is 0.240. The summed E-state index contributed by atoms with van der Waals surface area (Å²) >= 11 is 2.74. The molecule has 0 bridgehead atoms. The standard InChI is InChI=1S/C11H15N3O2S3/c1-12-5-4-9-2-3-11(18-9)19(15,16)14-8-10-13-6-7-17-10/h2-3,6-7,12,14H,4-5,8H2,1H3. The first-order valence-electron chi connectivity index (χ1n) is 5.73. The molecule has 0 aliphatic heterocycles. The van der Waals surface area contributed by atoms with E-state index in [2.05, 4.69) is 15.0 Å². The second kappa shape index (κ2) is 6.58. The minimum atomic E-state index is -3.43. The van der Waals surface area contributed by atoms with Crippen LogP contribution in [0.2, 0.25) is 0 Å². The zero-order chi connectivity index (χ0) is 13.7. The molecule has 2 heterocycles. The van der Waals surface area contributed by atoms with E-state index in [1.165, 1.54) is 22.7 Å². The Morgan fingerprint density at radius 2 is 2.21 bits per heavy atom. The highest BCUT2D eigenvalue weighted by Crippen LogP contribution is 2.22. The van der Waals surface area contributed by atoms with E-state index < -0.39 is 10.0 Å². The third-order valence-corrected chi connectivity index (χ3v) is 6.24. The average molecular weight is 317 g/mol. The third kappa shape index (κ3) is 4.08. The molecular weight excluding hydrogens is 302 g/mol. The Morgan fingerprint density at radius 3 is 2.89 bits per heavy atom.